The van der Waals surface area contributed by atoms with E-state index in [1.165, 1.54) is 6.26 Å². The summed E-state index contributed by atoms with van der Waals surface area (Å²) in [4.78, 5) is 11.8. The molecule has 4 nitrogen and oxygen atoms in total. The van der Waals surface area contributed by atoms with Gasteiger partial charge >= 0.3 is 5.97 Å². The van der Waals surface area contributed by atoms with Crippen LogP contribution in [0.2, 0.25) is 0 Å². The van der Waals surface area contributed by atoms with E-state index in [9.17, 15) is 4.79 Å². The number of carbonyl (C=O) groups excluding carboxylic acids is 1. The molecular weight excluding hydrogens is 256 g/mol. The Morgan fingerprint density at radius 1 is 1.45 bits per heavy atom. The summed E-state index contributed by atoms with van der Waals surface area (Å²) >= 11 is 0. The first-order chi connectivity index (χ1) is 9.71. The smallest absolute Gasteiger partial charge is 0.374 e. The fraction of sp³-hybridized carbons (Fsp3) is 0.188. The van der Waals surface area contributed by atoms with Crippen molar-refractivity contribution in [1.82, 2.24) is 0 Å². The second-order valence-corrected chi connectivity index (χ2v) is 4.05. The highest BCUT2D eigenvalue weighted by molar-refractivity contribution is 5.94. The van der Waals surface area contributed by atoms with Crippen molar-refractivity contribution in [2.45, 2.75) is 6.92 Å². The summed E-state index contributed by atoms with van der Waals surface area (Å²) in [5.41, 5.74) is 2.29. The molecule has 20 heavy (non-hydrogen) atoms. The van der Waals surface area contributed by atoms with Crippen LogP contribution in [0.25, 0.3) is 17.2 Å². The second kappa shape index (κ2) is 6.10. The quantitative estimate of drug-likeness (QED) is 0.777. The lowest BCUT2D eigenvalue weighted by Crippen LogP contribution is -2.04. The third-order valence-electron chi connectivity index (χ3n) is 2.88. The van der Waals surface area contributed by atoms with Gasteiger partial charge in [0.05, 0.1) is 13.7 Å². The van der Waals surface area contributed by atoms with E-state index in [4.69, 9.17) is 13.9 Å². The van der Waals surface area contributed by atoms with Gasteiger partial charge in [0.25, 0.3) is 0 Å². The number of rotatable bonds is 5. The Balaban J connectivity index is 2.47. The Morgan fingerprint density at radius 2 is 2.25 bits per heavy atom. The van der Waals surface area contributed by atoms with E-state index in [2.05, 4.69) is 6.58 Å². The monoisotopic (exact) mass is 272 g/mol. The van der Waals surface area contributed by atoms with Gasteiger partial charge in [0.1, 0.15) is 12.0 Å². The summed E-state index contributed by atoms with van der Waals surface area (Å²) < 4.78 is 15.5. The lowest BCUT2D eigenvalue weighted by molar-refractivity contribution is 0.0490. The Hall–Kier alpha value is -2.49. The van der Waals surface area contributed by atoms with Crippen molar-refractivity contribution in [3.63, 3.8) is 0 Å². The van der Waals surface area contributed by atoms with Crippen molar-refractivity contribution in [2.24, 2.45) is 0 Å². The number of methoxy groups -OCH3 is 1. The number of furan rings is 1. The van der Waals surface area contributed by atoms with Gasteiger partial charge < -0.3 is 13.9 Å². The lowest BCUT2D eigenvalue weighted by Gasteiger charge is -2.04. The van der Waals surface area contributed by atoms with Crippen LogP contribution in [0.4, 0.5) is 0 Å². The molecule has 0 N–H and O–H groups in total. The molecule has 0 bridgehead atoms. The first-order valence-electron chi connectivity index (χ1n) is 6.26. The number of esters is 1. The Morgan fingerprint density at radius 3 is 2.90 bits per heavy atom. The van der Waals surface area contributed by atoms with Gasteiger partial charge in [0, 0.05) is 11.1 Å². The van der Waals surface area contributed by atoms with Gasteiger partial charge in [-0.3, -0.25) is 0 Å². The van der Waals surface area contributed by atoms with Gasteiger partial charge in [-0.25, -0.2) is 4.79 Å². The fourth-order valence-electron chi connectivity index (χ4n) is 1.94. The van der Waals surface area contributed by atoms with E-state index in [0.717, 1.165) is 16.9 Å². The van der Waals surface area contributed by atoms with Crippen LogP contribution in [0, 0.1) is 0 Å². The van der Waals surface area contributed by atoms with E-state index in [1.807, 2.05) is 24.3 Å². The average Bonchev–Trinajstić information content (AvgIpc) is 2.91. The first kappa shape index (κ1) is 13.9. The molecule has 0 unspecified atom stereocenters. The minimum Gasteiger partial charge on any atom is -0.497 e. The van der Waals surface area contributed by atoms with Gasteiger partial charge in [-0.1, -0.05) is 24.8 Å². The first-order valence-corrected chi connectivity index (χ1v) is 6.26. The molecular formula is C16H16O4. The molecule has 0 amide bonds. The molecule has 2 rings (SSSR count). The summed E-state index contributed by atoms with van der Waals surface area (Å²) in [6, 6.07) is 7.50. The molecule has 1 heterocycles. The van der Waals surface area contributed by atoms with Gasteiger partial charge in [-0.2, -0.15) is 0 Å². The molecule has 0 radical (unpaired) electrons. The van der Waals surface area contributed by atoms with Crippen LogP contribution in [0.15, 0.2) is 41.5 Å². The molecule has 1 aromatic carbocycles. The van der Waals surface area contributed by atoms with Gasteiger partial charge in [-0.15, -0.1) is 0 Å². The summed E-state index contributed by atoms with van der Waals surface area (Å²) in [6.07, 6.45) is 3.11. The zero-order valence-electron chi connectivity index (χ0n) is 11.5. The Bertz CT molecular complexity index is 625. The van der Waals surface area contributed by atoms with Crippen LogP contribution in [-0.2, 0) is 4.74 Å². The third kappa shape index (κ3) is 2.59. The van der Waals surface area contributed by atoms with E-state index in [-0.39, 0.29) is 5.76 Å². The predicted octanol–water partition coefficient (Wildman–Crippen LogP) is 3.77. The Labute approximate surface area is 117 Å². The molecule has 1 aromatic heterocycles. The van der Waals surface area contributed by atoms with E-state index < -0.39 is 5.97 Å². The van der Waals surface area contributed by atoms with Crippen LogP contribution >= 0.6 is 0 Å². The molecule has 0 saturated heterocycles. The van der Waals surface area contributed by atoms with E-state index in [1.54, 1.807) is 20.1 Å². The average molecular weight is 272 g/mol. The van der Waals surface area contributed by atoms with E-state index in [0.29, 0.717) is 12.2 Å². The number of hydrogen-bond donors (Lipinski definition) is 0. The van der Waals surface area contributed by atoms with Crippen LogP contribution in [0.3, 0.4) is 0 Å². The molecule has 0 aliphatic heterocycles. The van der Waals surface area contributed by atoms with Gasteiger partial charge in [-0.05, 0) is 24.6 Å². The van der Waals surface area contributed by atoms with Gasteiger partial charge in [0.2, 0.25) is 5.76 Å². The molecule has 2 aromatic rings. The number of benzene rings is 1. The Kier molecular flexibility index (Phi) is 4.25. The zero-order valence-corrected chi connectivity index (χ0v) is 11.5. The third-order valence-corrected chi connectivity index (χ3v) is 2.88. The maximum atomic E-state index is 11.8. The van der Waals surface area contributed by atoms with Crippen LogP contribution in [-0.4, -0.2) is 19.7 Å². The minimum atomic E-state index is -0.489. The lowest BCUT2D eigenvalue weighted by atomic mass is 10.0. The standard InChI is InChI=1S/C16H16O4/c1-4-13-14(10-20-15(13)16(17)19-5-2)11-7-6-8-12(9-11)18-3/h4,6-10H,1,5H2,2-3H3. The van der Waals surface area contributed by atoms with E-state index >= 15 is 0 Å². The normalized spacial score (nSPS) is 10.1. The minimum absolute atomic E-state index is 0.166. The zero-order chi connectivity index (χ0) is 14.5. The van der Waals surface area contributed by atoms with Crippen LogP contribution < -0.4 is 4.74 Å². The SMILES string of the molecule is C=Cc1c(-c2cccc(OC)c2)coc1C(=O)OCC. The summed E-state index contributed by atoms with van der Waals surface area (Å²) in [5, 5.41) is 0. The summed E-state index contributed by atoms with van der Waals surface area (Å²) in [6.45, 7) is 5.78. The largest absolute Gasteiger partial charge is 0.497 e. The highest BCUT2D eigenvalue weighted by atomic mass is 16.5. The van der Waals surface area contributed by atoms with Crippen LogP contribution in [0.5, 0.6) is 5.75 Å². The van der Waals surface area contributed by atoms with Crippen molar-refractivity contribution >= 4 is 12.0 Å². The summed E-state index contributed by atoms with van der Waals surface area (Å²) in [5.74, 6) is 0.410. The number of hydrogen-bond acceptors (Lipinski definition) is 4. The summed E-state index contributed by atoms with van der Waals surface area (Å²) in [7, 11) is 1.60. The molecule has 104 valence electrons. The maximum Gasteiger partial charge on any atom is 0.374 e. The maximum absolute atomic E-state index is 11.8. The van der Waals surface area contributed by atoms with Gasteiger partial charge in [0.15, 0.2) is 0 Å². The van der Waals surface area contributed by atoms with Crippen molar-refractivity contribution in [3.05, 3.63) is 48.4 Å². The molecule has 4 heteroatoms. The number of ether oxygens (including phenoxy) is 2. The topological polar surface area (TPSA) is 48.7 Å². The second-order valence-electron chi connectivity index (χ2n) is 4.05. The molecule has 0 atom stereocenters. The molecule has 0 saturated carbocycles. The highest BCUT2D eigenvalue weighted by Crippen LogP contribution is 2.31. The van der Waals surface area contributed by atoms with Crippen molar-refractivity contribution < 1.29 is 18.7 Å². The fourth-order valence-corrected chi connectivity index (χ4v) is 1.94. The predicted molar refractivity (Wildman–Crippen MR) is 76.7 cm³/mol. The molecule has 0 aliphatic rings. The van der Waals surface area contributed by atoms with Crippen molar-refractivity contribution in [1.29, 1.82) is 0 Å². The molecule has 0 aliphatic carbocycles. The van der Waals surface area contributed by atoms with Crippen molar-refractivity contribution in [2.75, 3.05) is 13.7 Å². The molecule has 0 fully saturated rings. The highest BCUT2D eigenvalue weighted by Gasteiger charge is 2.20. The van der Waals surface area contributed by atoms with Crippen molar-refractivity contribution in [3.8, 4) is 16.9 Å². The molecule has 0 spiro atoms. The number of carbonyl (C=O) groups is 1. The van der Waals surface area contributed by atoms with Crippen LogP contribution in [0.1, 0.15) is 23.0 Å².